The van der Waals surface area contributed by atoms with Crippen molar-refractivity contribution in [3.8, 4) is 5.75 Å². The maximum Gasteiger partial charge on any atom is 0.298 e. The van der Waals surface area contributed by atoms with Gasteiger partial charge in [0.2, 0.25) is 5.82 Å². The number of methoxy groups -OCH3 is 1. The lowest BCUT2D eigenvalue weighted by Gasteiger charge is -2.31. The first-order valence-electron chi connectivity index (χ1n) is 8.27. The number of hydrogen-bond acceptors (Lipinski definition) is 5. The Kier molecular flexibility index (Phi) is 3.63. The molecule has 0 fully saturated rings. The molecule has 1 aliphatic heterocycles. The van der Waals surface area contributed by atoms with Crippen LogP contribution in [-0.4, -0.2) is 39.1 Å². The smallest absolute Gasteiger partial charge is 0.298 e. The van der Waals surface area contributed by atoms with E-state index in [9.17, 15) is 4.79 Å². The molecule has 0 radical (unpaired) electrons. The molecule has 0 saturated carbocycles. The van der Waals surface area contributed by atoms with Gasteiger partial charge in [-0.3, -0.25) is 4.79 Å². The molecular weight excluding hydrogens is 318 g/mol. The molecule has 0 saturated heterocycles. The van der Waals surface area contributed by atoms with Gasteiger partial charge in [-0.05, 0) is 49.9 Å². The van der Waals surface area contributed by atoms with Gasteiger partial charge in [0.1, 0.15) is 5.75 Å². The minimum atomic E-state index is -0.227. The molecule has 25 heavy (non-hydrogen) atoms. The van der Waals surface area contributed by atoms with Gasteiger partial charge in [0.05, 0.1) is 12.8 Å². The number of amides is 1. The molecule has 2 aromatic heterocycles. The monoisotopic (exact) mass is 337 g/mol. The molecule has 0 aliphatic carbocycles. The zero-order valence-electron chi connectivity index (χ0n) is 14.5. The summed E-state index contributed by atoms with van der Waals surface area (Å²) in [6, 6.07) is 5.77. The normalized spacial score (nSPS) is 13.8. The Morgan fingerprint density at radius 3 is 2.84 bits per heavy atom. The summed E-state index contributed by atoms with van der Waals surface area (Å²) in [5, 5.41) is 4.35. The second kappa shape index (κ2) is 5.84. The number of hydrogen-bond donors (Lipinski definition) is 0. The van der Waals surface area contributed by atoms with Gasteiger partial charge in [0.15, 0.2) is 0 Å². The summed E-state index contributed by atoms with van der Waals surface area (Å²) in [6.07, 6.45) is 3.50. The Bertz CT molecular complexity index is 979. The molecule has 0 bridgehead atoms. The highest BCUT2D eigenvalue weighted by Gasteiger charge is 2.30. The predicted octanol–water partition coefficient (Wildman–Crippen LogP) is 2.34. The van der Waals surface area contributed by atoms with Crippen LogP contribution >= 0.6 is 0 Å². The number of aryl methyl sites for hydroxylation is 2. The highest BCUT2D eigenvalue weighted by Crippen LogP contribution is 2.38. The topological polar surface area (TPSA) is 72.6 Å². The molecule has 128 valence electrons. The van der Waals surface area contributed by atoms with E-state index in [0.29, 0.717) is 18.1 Å². The summed E-state index contributed by atoms with van der Waals surface area (Å²) in [5.41, 5.74) is 4.03. The Balaban J connectivity index is 1.82. The maximum absolute atomic E-state index is 13.1. The molecule has 3 heterocycles. The lowest BCUT2D eigenvalue weighted by atomic mass is 9.96. The second-order valence-electron chi connectivity index (χ2n) is 6.21. The van der Waals surface area contributed by atoms with E-state index in [2.05, 4.69) is 22.0 Å². The molecule has 0 atom stereocenters. The van der Waals surface area contributed by atoms with Crippen molar-refractivity contribution in [1.29, 1.82) is 0 Å². The molecule has 7 nitrogen and oxygen atoms in total. The van der Waals surface area contributed by atoms with Gasteiger partial charge in [0, 0.05) is 18.4 Å². The third-order valence-electron chi connectivity index (χ3n) is 4.64. The summed E-state index contributed by atoms with van der Waals surface area (Å²) in [6.45, 7) is 4.58. The van der Waals surface area contributed by atoms with E-state index < -0.39 is 0 Å². The lowest BCUT2D eigenvalue weighted by Crippen LogP contribution is -2.36. The Hall–Kier alpha value is -2.96. The Labute approximate surface area is 145 Å². The number of fused-ring (bicyclic) bond motifs is 2. The van der Waals surface area contributed by atoms with Crippen LogP contribution in [0.15, 0.2) is 24.4 Å². The second-order valence-corrected chi connectivity index (χ2v) is 6.21. The number of aromatic nitrogens is 4. The summed E-state index contributed by atoms with van der Waals surface area (Å²) in [7, 11) is 1.62. The fraction of sp³-hybridized carbons (Fsp3) is 0.333. The number of nitrogens with zero attached hydrogens (tertiary/aromatic N) is 5. The molecule has 0 unspecified atom stereocenters. The number of ether oxygens (including phenoxy) is 1. The largest absolute Gasteiger partial charge is 0.495 e. The summed E-state index contributed by atoms with van der Waals surface area (Å²) < 4.78 is 7.10. The summed E-state index contributed by atoms with van der Waals surface area (Å²) in [5.74, 6) is 1.05. The SMILES string of the molecule is COc1ccc(C)c2c1N(C(=O)c1nc3nccc(C)n3n1)CCC2. The molecule has 4 rings (SSSR count). The van der Waals surface area contributed by atoms with E-state index in [1.165, 1.54) is 0 Å². The van der Waals surface area contributed by atoms with Crippen LogP contribution in [0.5, 0.6) is 5.75 Å². The van der Waals surface area contributed by atoms with Crippen LogP contribution in [0.4, 0.5) is 5.69 Å². The lowest BCUT2D eigenvalue weighted by molar-refractivity contribution is 0.0974. The van der Waals surface area contributed by atoms with Crippen molar-refractivity contribution >= 4 is 17.4 Å². The van der Waals surface area contributed by atoms with Crippen molar-refractivity contribution in [3.63, 3.8) is 0 Å². The number of carbonyl (C=O) groups is 1. The maximum atomic E-state index is 13.1. The first-order chi connectivity index (χ1) is 12.1. The quantitative estimate of drug-likeness (QED) is 0.718. The number of anilines is 1. The van der Waals surface area contributed by atoms with Gasteiger partial charge in [-0.15, -0.1) is 5.10 Å². The zero-order valence-corrected chi connectivity index (χ0v) is 14.5. The first kappa shape index (κ1) is 15.6. The van der Waals surface area contributed by atoms with Crippen LogP contribution in [0.1, 0.15) is 33.9 Å². The number of carbonyl (C=O) groups excluding carboxylic acids is 1. The predicted molar refractivity (Wildman–Crippen MR) is 93.2 cm³/mol. The van der Waals surface area contributed by atoms with Gasteiger partial charge in [-0.1, -0.05) is 6.07 Å². The highest BCUT2D eigenvalue weighted by molar-refractivity contribution is 6.05. The van der Waals surface area contributed by atoms with Gasteiger partial charge >= 0.3 is 0 Å². The van der Waals surface area contributed by atoms with Gasteiger partial charge in [-0.25, -0.2) is 9.50 Å². The van der Waals surface area contributed by atoms with Crippen molar-refractivity contribution in [3.05, 3.63) is 47.0 Å². The molecule has 0 spiro atoms. The van der Waals surface area contributed by atoms with Crippen LogP contribution in [-0.2, 0) is 6.42 Å². The average molecular weight is 337 g/mol. The Morgan fingerprint density at radius 2 is 2.08 bits per heavy atom. The van der Waals surface area contributed by atoms with E-state index in [0.717, 1.165) is 35.3 Å². The fourth-order valence-electron chi connectivity index (χ4n) is 3.34. The molecule has 1 aromatic carbocycles. The van der Waals surface area contributed by atoms with E-state index in [1.807, 2.05) is 25.1 Å². The van der Waals surface area contributed by atoms with Gasteiger partial charge in [-0.2, -0.15) is 4.98 Å². The Morgan fingerprint density at radius 1 is 1.24 bits per heavy atom. The molecule has 3 aromatic rings. The minimum Gasteiger partial charge on any atom is -0.495 e. The molecule has 1 aliphatic rings. The minimum absolute atomic E-state index is 0.151. The average Bonchev–Trinajstić information content (AvgIpc) is 3.07. The highest BCUT2D eigenvalue weighted by atomic mass is 16.5. The summed E-state index contributed by atoms with van der Waals surface area (Å²) >= 11 is 0. The van der Waals surface area contributed by atoms with Crippen molar-refractivity contribution in [2.24, 2.45) is 0 Å². The van der Waals surface area contributed by atoms with Crippen molar-refractivity contribution in [2.45, 2.75) is 26.7 Å². The zero-order chi connectivity index (χ0) is 17.6. The van der Waals surface area contributed by atoms with E-state index in [1.54, 1.807) is 22.7 Å². The third kappa shape index (κ3) is 2.43. The van der Waals surface area contributed by atoms with Crippen LogP contribution in [0, 0.1) is 13.8 Å². The van der Waals surface area contributed by atoms with Crippen LogP contribution in [0.2, 0.25) is 0 Å². The number of rotatable bonds is 2. The third-order valence-corrected chi connectivity index (χ3v) is 4.64. The fourth-order valence-corrected chi connectivity index (χ4v) is 3.34. The molecular formula is C18H19N5O2. The van der Waals surface area contributed by atoms with Gasteiger partial charge in [0.25, 0.3) is 11.7 Å². The molecule has 7 heteroatoms. The van der Waals surface area contributed by atoms with Crippen molar-refractivity contribution in [1.82, 2.24) is 19.6 Å². The number of benzene rings is 1. The van der Waals surface area contributed by atoms with Crippen LogP contribution < -0.4 is 9.64 Å². The van der Waals surface area contributed by atoms with E-state index >= 15 is 0 Å². The van der Waals surface area contributed by atoms with Crippen LogP contribution in [0.25, 0.3) is 5.78 Å². The standard InChI is InChI=1S/C18H19N5O2/c1-11-6-7-14(25-3)15-13(11)5-4-10-22(15)17(24)16-20-18-19-9-8-12(2)23(18)21-16/h6-9H,4-5,10H2,1-3H3. The van der Waals surface area contributed by atoms with Gasteiger partial charge < -0.3 is 9.64 Å². The van der Waals surface area contributed by atoms with E-state index in [4.69, 9.17) is 4.74 Å². The molecule has 1 amide bonds. The van der Waals surface area contributed by atoms with Crippen molar-refractivity contribution < 1.29 is 9.53 Å². The summed E-state index contributed by atoms with van der Waals surface area (Å²) in [4.78, 5) is 23.3. The molecule has 0 N–H and O–H groups in total. The first-order valence-corrected chi connectivity index (χ1v) is 8.27. The van der Waals surface area contributed by atoms with Crippen molar-refractivity contribution in [2.75, 3.05) is 18.6 Å². The van der Waals surface area contributed by atoms with E-state index in [-0.39, 0.29) is 11.7 Å². The van der Waals surface area contributed by atoms with Crippen LogP contribution in [0.3, 0.4) is 0 Å².